The van der Waals surface area contributed by atoms with Crippen LogP contribution in [0, 0.1) is 11.3 Å². The van der Waals surface area contributed by atoms with Crippen molar-refractivity contribution < 1.29 is 0 Å². The lowest BCUT2D eigenvalue weighted by Crippen LogP contribution is -1.92. The molecule has 0 aliphatic rings. The summed E-state index contributed by atoms with van der Waals surface area (Å²) in [6, 6.07) is 4.32. The minimum atomic E-state index is 0.450. The van der Waals surface area contributed by atoms with Gasteiger partial charge in [0.15, 0.2) is 0 Å². The average molecular weight is 165 g/mol. The van der Waals surface area contributed by atoms with Crippen LogP contribution in [0.1, 0.15) is 31.2 Å². The summed E-state index contributed by atoms with van der Waals surface area (Å²) in [6.45, 7) is 2.12. The van der Waals surface area contributed by atoms with Crippen LogP contribution in [-0.2, 0) is 0 Å². The molecule has 1 unspecified atom stereocenters. The number of hydrogen-bond acceptors (Lipinski definition) is 2. The highest BCUT2D eigenvalue weighted by molar-refractivity contribution is 7.07. The third-order valence-electron chi connectivity index (χ3n) is 1.85. The molecule has 1 aromatic heterocycles. The van der Waals surface area contributed by atoms with Crippen LogP contribution in [0.5, 0.6) is 0 Å². The third-order valence-corrected chi connectivity index (χ3v) is 2.55. The molecule has 2 heteroatoms. The molecule has 0 aromatic carbocycles. The van der Waals surface area contributed by atoms with Crippen LogP contribution < -0.4 is 0 Å². The Hall–Kier alpha value is -0.810. The third kappa shape index (κ3) is 2.06. The Morgan fingerprint density at radius 1 is 1.73 bits per heavy atom. The van der Waals surface area contributed by atoms with Crippen LogP contribution in [-0.4, -0.2) is 0 Å². The normalized spacial score (nSPS) is 12.4. The quantitative estimate of drug-likeness (QED) is 0.675. The van der Waals surface area contributed by atoms with Gasteiger partial charge in [0, 0.05) is 6.42 Å². The molecule has 1 atom stereocenters. The van der Waals surface area contributed by atoms with Gasteiger partial charge in [-0.15, -0.1) is 0 Å². The van der Waals surface area contributed by atoms with E-state index in [9.17, 15) is 0 Å². The maximum absolute atomic E-state index is 8.52. The van der Waals surface area contributed by atoms with E-state index < -0.39 is 0 Å². The molecule has 0 amide bonds. The van der Waals surface area contributed by atoms with Crippen molar-refractivity contribution in [1.82, 2.24) is 0 Å². The Morgan fingerprint density at radius 3 is 3.00 bits per heavy atom. The molecule has 0 radical (unpaired) electrons. The van der Waals surface area contributed by atoms with E-state index in [4.69, 9.17) is 5.26 Å². The largest absolute Gasteiger partial charge is 0.198 e. The van der Waals surface area contributed by atoms with Gasteiger partial charge in [0.05, 0.1) is 6.07 Å². The number of rotatable bonds is 3. The molecule has 1 heterocycles. The molecule has 0 bridgehead atoms. The van der Waals surface area contributed by atoms with Gasteiger partial charge in [-0.3, -0.25) is 0 Å². The van der Waals surface area contributed by atoms with Gasteiger partial charge in [-0.1, -0.05) is 6.92 Å². The number of hydrogen-bond donors (Lipinski definition) is 0. The van der Waals surface area contributed by atoms with E-state index in [1.807, 2.05) is 0 Å². The topological polar surface area (TPSA) is 23.8 Å². The van der Waals surface area contributed by atoms with Crippen LogP contribution in [0.15, 0.2) is 16.8 Å². The molecule has 0 saturated heterocycles. The summed E-state index contributed by atoms with van der Waals surface area (Å²) >= 11 is 1.70. The first-order valence-electron chi connectivity index (χ1n) is 3.77. The van der Waals surface area contributed by atoms with Crippen LogP contribution in [0.25, 0.3) is 0 Å². The Morgan fingerprint density at radius 2 is 2.55 bits per heavy atom. The number of nitriles is 1. The maximum Gasteiger partial charge on any atom is 0.0628 e. The average Bonchev–Trinajstić information content (AvgIpc) is 2.52. The fourth-order valence-corrected chi connectivity index (χ4v) is 1.86. The van der Waals surface area contributed by atoms with E-state index >= 15 is 0 Å². The molecule has 1 rings (SSSR count). The lowest BCUT2D eigenvalue weighted by atomic mass is 9.97. The molecule has 1 aromatic rings. The zero-order valence-electron chi connectivity index (χ0n) is 6.58. The standard InChI is InChI=1S/C9H11NS/c1-2-8(3-5-10)9-4-6-11-7-9/h4,6-8H,2-3H2,1H3. The molecule has 1 nitrogen and oxygen atoms in total. The van der Waals surface area contributed by atoms with Crippen molar-refractivity contribution in [3.8, 4) is 6.07 Å². The van der Waals surface area contributed by atoms with E-state index in [2.05, 4.69) is 29.8 Å². The summed E-state index contributed by atoms with van der Waals surface area (Å²) in [4.78, 5) is 0. The van der Waals surface area contributed by atoms with Crippen LogP contribution in [0.4, 0.5) is 0 Å². The van der Waals surface area contributed by atoms with Crippen molar-refractivity contribution in [1.29, 1.82) is 5.26 Å². The molecule has 11 heavy (non-hydrogen) atoms. The molecule has 0 fully saturated rings. The van der Waals surface area contributed by atoms with Gasteiger partial charge in [0.1, 0.15) is 0 Å². The van der Waals surface area contributed by atoms with Crippen LogP contribution in [0.3, 0.4) is 0 Å². The fourth-order valence-electron chi connectivity index (χ4n) is 1.12. The second kappa shape index (κ2) is 4.15. The van der Waals surface area contributed by atoms with Crippen LogP contribution >= 0.6 is 11.3 Å². The summed E-state index contributed by atoms with van der Waals surface area (Å²) in [5, 5.41) is 12.7. The lowest BCUT2D eigenvalue weighted by Gasteiger charge is -2.06. The van der Waals surface area contributed by atoms with Crippen molar-refractivity contribution in [2.45, 2.75) is 25.7 Å². The summed E-state index contributed by atoms with van der Waals surface area (Å²) in [7, 11) is 0. The van der Waals surface area contributed by atoms with Gasteiger partial charge in [-0.2, -0.15) is 16.6 Å². The van der Waals surface area contributed by atoms with Crippen molar-refractivity contribution in [3.63, 3.8) is 0 Å². The van der Waals surface area contributed by atoms with E-state index in [0.717, 1.165) is 6.42 Å². The number of thiophene rings is 1. The van der Waals surface area contributed by atoms with Crippen molar-refractivity contribution >= 4 is 11.3 Å². The van der Waals surface area contributed by atoms with E-state index in [1.165, 1.54) is 5.56 Å². The monoisotopic (exact) mass is 165 g/mol. The summed E-state index contributed by atoms with van der Waals surface area (Å²) in [6.07, 6.45) is 1.71. The predicted octanol–water partition coefficient (Wildman–Crippen LogP) is 3.16. The molecule has 0 aliphatic carbocycles. The van der Waals surface area contributed by atoms with E-state index in [-0.39, 0.29) is 0 Å². The molecule has 0 saturated carbocycles. The first-order chi connectivity index (χ1) is 5.38. The minimum absolute atomic E-state index is 0.450. The highest BCUT2D eigenvalue weighted by atomic mass is 32.1. The molecule has 0 aliphatic heterocycles. The lowest BCUT2D eigenvalue weighted by molar-refractivity contribution is 0.683. The van der Waals surface area contributed by atoms with Gasteiger partial charge < -0.3 is 0 Å². The Balaban J connectivity index is 2.65. The molecular formula is C9H11NS. The second-order valence-corrected chi connectivity index (χ2v) is 3.30. The molecule has 58 valence electrons. The van der Waals surface area contributed by atoms with Gasteiger partial charge in [0.2, 0.25) is 0 Å². The number of nitrogens with zero attached hydrogens (tertiary/aromatic N) is 1. The first-order valence-corrected chi connectivity index (χ1v) is 4.71. The summed E-state index contributed by atoms with van der Waals surface area (Å²) in [5.41, 5.74) is 1.32. The predicted molar refractivity (Wildman–Crippen MR) is 47.6 cm³/mol. The Labute approximate surface area is 71.3 Å². The Kier molecular flexibility index (Phi) is 3.13. The second-order valence-electron chi connectivity index (χ2n) is 2.52. The van der Waals surface area contributed by atoms with Gasteiger partial charge >= 0.3 is 0 Å². The van der Waals surface area contributed by atoms with Gasteiger partial charge in [-0.05, 0) is 34.7 Å². The van der Waals surface area contributed by atoms with Gasteiger partial charge in [0.25, 0.3) is 0 Å². The van der Waals surface area contributed by atoms with Gasteiger partial charge in [-0.25, -0.2) is 0 Å². The Bertz CT molecular complexity index is 233. The molecule has 0 spiro atoms. The van der Waals surface area contributed by atoms with Crippen molar-refractivity contribution in [2.24, 2.45) is 0 Å². The van der Waals surface area contributed by atoms with E-state index in [1.54, 1.807) is 11.3 Å². The molecular weight excluding hydrogens is 154 g/mol. The summed E-state index contributed by atoms with van der Waals surface area (Å²) < 4.78 is 0. The fraction of sp³-hybridized carbons (Fsp3) is 0.444. The van der Waals surface area contributed by atoms with Crippen molar-refractivity contribution in [2.75, 3.05) is 0 Å². The minimum Gasteiger partial charge on any atom is -0.198 e. The highest BCUT2D eigenvalue weighted by Gasteiger charge is 2.07. The first kappa shape index (κ1) is 8.29. The maximum atomic E-state index is 8.52. The van der Waals surface area contributed by atoms with Crippen molar-refractivity contribution in [3.05, 3.63) is 22.4 Å². The smallest absolute Gasteiger partial charge is 0.0628 e. The zero-order chi connectivity index (χ0) is 8.10. The highest BCUT2D eigenvalue weighted by Crippen LogP contribution is 2.24. The zero-order valence-corrected chi connectivity index (χ0v) is 7.40. The van der Waals surface area contributed by atoms with Crippen LogP contribution in [0.2, 0.25) is 0 Å². The summed E-state index contributed by atoms with van der Waals surface area (Å²) in [5.74, 6) is 0.450. The molecule has 0 N–H and O–H groups in total. The van der Waals surface area contributed by atoms with E-state index in [0.29, 0.717) is 12.3 Å². The SMILES string of the molecule is CCC(CC#N)c1ccsc1.